The van der Waals surface area contributed by atoms with Crippen LogP contribution in [0.2, 0.25) is 30.7 Å². The van der Waals surface area contributed by atoms with Crippen LogP contribution in [0.4, 0.5) is 0 Å². The van der Waals surface area contributed by atoms with Crippen molar-refractivity contribution in [3.8, 4) is 0 Å². The highest BCUT2D eigenvalue weighted by Gasteiger charge is 2.44. The van der Waals surface area contributed by atoms with Crippen LogP contribution in [-0.2, 0) is 13.9 Å². The number of ether oxygens (including phenoxy) is 2. The molecule has 4 rings (SSSR count). The number of unbranched alkanes of at least 4 members (excludes halogenated alkanes) is 2. The number of hydrogen-bond donors (Lipinski definition) is 0. The molecule has 2 aliphatic carbocycles. The summed E-state index contributed by atoms with van der Waals surface area (Å²) in [5, 5.41) is 0. The summed E-state index contributed by atoms with van der Waals surface area (Å²) in [6, 6.07) is 2.92. The van der Waals surface area contributed by atoms with Crippen molar-refractivity contribution in [1.82, 2.24) is 0 Å². The predicted octanol–water partition coefficient (Wildman–Crippen LogP) is 6.47. The molecule has 2 aliphatic heterocycles. The van der Waals surface area contributed by atoms with Gasteiger partial charge in [0.1, 0.15) is 0 Å². The lowest BCUT2D eigenvalue weighted by Gasteiger charge is -2.23. The molecule has 0 amide bonds. The zero-order chi connectivity index (χ0) is 21.4. The Morgan fingerprint density at radius 2 is 1.57 bits per heavy atom. The Hall–Kier alpha value is 0.314. The van der Waals surface area contributed by atoms with E-state index in [0.717, 1.165) is 30.6 Å². The van der Waals surface area contributed by atoms with Crippen molar-refractivity contribution in [1.29, 1.82) is 0 Å². The first-order chi connectivity index (χ1) is 14.5. The Morgan fingerprint density at radius 3 is 2.23 bits per heavy atom. The van der Waals surface area contributed by atoms with Crippen LogP contribution in [0.15, 0.2) is 0 Å². The molecule has 0 aromatic rings. The second-order valence-corrected chi connectivity index (χ2v) is 17.9. The zero-order valence-corrected chi connectivity index (χ0v) is 22.9. The number of rotatable bonds is 12. The maximum atomic E-state index is 6.01. The highest BCUT2D eigenvalue weighted by atomic mass is 28.4. The van der Waals surface area contributed by atoms with E-state index in [2.05, 4.69) is 26.9 Å². The minimum Gasteiger partial charge on any atom is -0.417 e. The SMILES string of the molecule is CCCC[SiH2]C1CCC2OC2C1.CCCO[Si](C)(C)CCCCC1CCC2OC2C1. The zero-order valence-electron chi connectivity index (χ0n) is 20.5. The van der Waals surface area contributed by atoms with Crippen LogP contribution in [0, 0.1) is 5.92 Å². The Morgan fingerprint density at radius 1 is 0.833 bits per heavy atom. The predicted molar refractivity (Wildman–Crippen MR) is 133 cm³/mol. The highest BCUT2D eigenvalue weighted by Crippen LogP contribution is 2.42. The molecule has 30 heavy (non-hydrogen) atoms. The average molecular weight is 455 g/mol. The van der Waals surface area contributed by atoms with Crippen LogP contribution in [-0.4, -0.2) is 48.9 Å². The van der Waals surface area contributed by atoms with Crippen LogP contribution in [0.5, 0.6) is 0 Å². The molecule has 0 aromatic heterocycles. The molecule has 6 unspecified atom stereocenters. The van der Waals surface area contributed by atoms with E-state index in [0.29, 0.717) is 18.3 Å². The van der Waals surface area contributed by atoms with E-state index in [9.17, 15) is 0 Å². The molecule has 0 aromatic carbocycles. The summed E-state index contributed by atoms with van der Waals surface area (Å²) >= 11 is 0. The van der Waals surface area contributed by atoms with Gasteiger partial charge in [0.05, 0.1) is 24.4 Å². The molecule has 0 spiro atoms. The Bertz CT molecular complexity index is 487. The molecule has 2 saturated carbocycles. The summed E-state index contributed by atoms with van der Waals surface area (Å²) in [6.45, 7) is 10.2. The van der Waals surface area contributed by atoms with Crippen LogP contribution >= 0.6 is 0 Å². The van der Waals surface area contributed by atoms with Crippen molar-refractivity contribution in [2.75, 3.05) is 6.61 Å². The lowest BCUT2D eigenvalue weighted by molar-refractivity contribution is 0.303. The summed E-state index contributed by atoms with van der Waals surface area (Å²) in [4.78, 5) is 0. The second kappa shape index (κ2) is 12.5. The highest BCUT2D eigenvalue weighted by molar-refractivity contribution is 6.71. The molecule has 3 nitrogen and oxygen atoms in total. The van der Waals surface area contributed by atoms with Crippen molar-refractivity contribution >= 4 is 17.8 Å². The molecule has 176 valence electrons. The monoisotopic (exact) mass is 454 g/mol. The molecule has 5 heteroatoms. The van der Waals surface area contributed by atoms with Gasteiger partial charge in [-0.3, -0.25) is 0 Å². The molecule has 6 atom stereocenters. The van der Waals surface area contributed by atoms with Gasteiger partial charge in [0.2, 0.25) is 0 Å². The minimum atomic E-state index is -1.34. The van der Waals surface area contributed by atoms with Gasteiger partial charge in [0.15, 0.2) is 8.32 Å². The topological polar surface area (TPSA) is 34.3 Å². The smallest absolute Gasteiger partial charge is 0.186 e. The lowest BCUT2D eigenvalue weighted by Crippen LogP contribution is -2.30. The first-order valence-electron chi connectivity index (χ1n) is 13.5. The molecule has 0 radical (unpaired) electrons. The van der Waals surface area contributed by atoms with E-state index >= 15 is 0 Å². The third-order valence-electron chi connectivity index (χ3n) is 7.78. The van der Waals surface area contributed by atoms with Gasteiger partial charge in [-0.1, -0.05) is 58.4 Å². The van der Waals surface area contributed by atoms with Gasteiger partial charge in [0, 0.05) is 16.1 Å². The number of epoxide rings is 2. The molecule has 0 bridgehead atoms. The maximum absolute atomic E-state index is 6.01. The minimum absolute atomic E-state index is 0.269. The average Bonchev–Trinajstić information content (AvgIpc) is 3.64. The van der Waals surface area contributed by atoms with Gasteiger partial charge < -0.3 is 13.9 Å². The largest absolute Gasteiger partial charge is 0.417 e. The fourth-order valence-corrected chi connectivity index (χ4v) is 10.1. The molecular weight excluding hydrogens is 404 g/mol. The molecule has 0 N–H and O–H groups in total. The van der Waals surface area contributed by atoms with Gasteiger partial charge in [-0.15, -0.1) is 0 Å². The van der Waals surface area contributed by atoms with Crippen LogP contribution in [0.25, 0.3) is 0 Å². The summed E-state index contributed by atoms with van der Waals surface area (Å²) < 4.78 is 17.1. The molecule has 4 aliphatic rings. The van der Waals surface area contributed by atoms with Crippen molar-refractivity contribution in [2.45, 2.75) is 146 Å². The van der Waals surface area contributed by atoms with E-state index in [1.165, 1.54) is 76.7 Å². The summed E-state index contributed by atoms with van der Waals surface area (Å²) in [6.07, 6.45) is 19.4. The third kappa shape index (κ3) is 9.05. The Labute approximate surface area is 190 Å². The van der Waals surface area contributed by atoms with Gasteiger partial charge in [-0.05, 0) is 69.1 Å². The van der Waals surface area contributed by atoms with Crippen molar-refractivity contribution in [2.24, 2.45) is 5.92 Å². The van der Waals surface area contributed by atoms with Crippen LogP contribution in [0.3, 0.4) is 0 Å². The fraction of sp³-hybridized carbons (Fsp3) is 1.00. The van der Waals surface area contributed by atoms with E-state index in [-0.39, 0.29) is 9.52 Å². The molecular formula is C25H50O3Si2. The van der Waals surface area contributed by atoms with Gasteiger partial charge >= 0.3 is 0 Å². The van der Waals surface area contributed by atoms with Crippen LogP contribution < -0.4 is 0 Å². The fourth-order valence-electron chi connectivity index (χ4n) is 5.62. The van der Waals surface area contributed by atoms with Crippen LogP contribution in [0.1, 0.15) is 90.9 Å². The van der Waals surface area contributed by atoms with E-state index in [1.54, 1.807) is 6.04 Å². The third-order valence-corrected chi connectivity index (χ3v) is 12.8. The van der Waals surface area contributed by atoms with Crippen molar-refractivity contribution < 1.29 is 13.9 Å². The van der Waals surface area contributed by atoms with Gasteiger partial charge in [0.25, 0.3) is 0 Å². The quantitative estimate of drug-likeness (QED) is 0.192. The standard InChI is InChI=1S/C15H30O2Si.C10H20OSi/c1-4-10-16-18(2,3)11-6-5-7-13-8-9-14-15(12-13)17-14;1-2-3-6-12-8-4-5-9-10(7-8)11-9/h13-15H,4-12H2,1-3H3;8-10H,2-7,12H2,1H3. The number of fused-ring (bicyclic) bond motifs is 2. The Balaban J connectivity index is 0.000000184. The number of hydrogen-bond acceptors (Lipinski definition) is 3. The summed E-state index contributed by atoms with van der Waals surface area (Å²) in [5.41, 5.74) is 1.14. The van der Waals surface area contributed by atoms with E-state index < -0.39 is 8.32 Å². The second-order valence-electron chi connectivity index (χ2n) is 11.1. The van der Waals surface area contributed by atoms with Crippen molar-refractivity contribution in [3.63, 3.8) is 0 Å². The molecule has 2 heterocycles. The van der Waals surface area contributed by atoms with E-state index in [4.69, 9.17) is 13.9 Å². The molecule has 2 saturated heterocycles. The molecule has 4 fully saturated rings. The van der Waals surface area contributed by atoms with Gasteiger partial charge in [-0.25, -0.2) is 0 Å². The Kier molecular flexibility index (Phi) is 10.4. The first-order valence-corrected chi connectivity index (χ1v) is 18.4. The van der Waals surface area contributed by atoms with E-state index in [1.807, 2.05) is 0 Å². The van der Waals surface area contributed by atoms with Gasteiger partial charge in [-0.2, -0.15) is 0 Å². The summed E-state index contributed by atoms with van der Waals surface area (Å²) in [5.74, 6) is 0.954. The summed E-state index contributed by atoms with van der Waals surface area (Å²) in [7, 11) is -1.07. The van der Waals surface area contributed by atoms with Crippen molar-refractivity contribution in [3.05, 3.63) is 0 Å². The normalized spacial score (nSPS) is 34.8. The maximum Gasteiger partial charge on any atom is 0.186 e. The first kappa shape index (κ1) is 24.9. The lowest BCUT2D eigenvalue weighted by atomic mass is 9.86.